The molecule has 0 N–H and O–H groups in total. The van der Waals surface area contributed by atoms with Crippen molar-refractivity contribution in [2.75, 3.05) is 0 Å². The lowest BCUT2D eigenvalue weighted by Gasteiger charge is -2.04. The van der Waals surface area contributed by atoms with Gasteiger partial charge in [0.1, 0.15) is 5.69 Å². The molecule has 0 aliphatic carbocycles. The standard InChI is InChI=1S/C10H13NO.C2H6/c1-4-9-5-7(2)10(11-12)8(3)6-9;1-2/h5-6H,4H2,1-3H3;1-2H3. The van der Waals surface area contributed by atoms with Gasteiger partial charge in [0.25, 0.3) is 0 Å². The van der Waals surface area contributed by atoms with Crippen LogP contribution in [0.4, 0.5) is 5.69 Å². The number of hydrogen-bond donors (Lipinski definition) is 0. The van der Waals surface area contributed by atoms with Crippen LogP contribution < -0.4 is 0 Å². The molecule has 1 aromatic rings. The zero-order chi connectivity index (χ0) is 11.1. The number of benzene rings is 1. The molecule has 0 atom stereocenters. The molecule has 2 nitrogen and oxygen atoms in total. The van der Waals surface area contributed by atoms with Gasteiger partial charge in [-0.3, -0.25) is 0 Å². The van der Waals surface area contributed by atoms with Crippen molar-refractivity contribution in [3.63, 3.8) is 0 Å². The van der Waals surface area contributed by atoms with E-state index < -0.39 is 0 Å². The highest BCUT2D eigenvalue weighted by Crippen LogP contribution is 2.24. The molecule has 0 aliphatic heterocycles. The molecule has 1 rings (SSSR count). The van der Waals surface area contributed by atoms with Crippen LogP contribution in [0.1, 0.15) is 37.5 Å². The molecule has 0 aromatic heterocycles. The van der Waals surface area contributed by atoms with Gasteiger partial charge in [-0.25, -0.2) is 0 Å². The van der Waals surface area contributed by atoms with Gasteiger partial charge in [0.05, 0.1) is 0 Å². The second-order valence-corrected chi connectivity index (χ2v) is 3.02. The minimum absolute atomic E-state index is 0.590. The van der Waals surface area contributed by atoms with Gasteiger partial charge in [0.15, 0.2) is 0 Å². The van der Waals surface area contributed by atoms with Crippen molar-refractivity contribution in [1.82, 2.24) is 0 Å². The van der Waals surface area contributed by atoms with Crippen LogP contribution in [-0.4, -0.2) is 0 Å². The largest absolute Gasteiger partial charge is 0.145 e. The van der Waals surface area contributed by atoms with Crippen LogP contribution in [0.3, 0.4) is 0 Å². The Labute approximate surface area is 86.3 Å². The van der Waals surface area contributed by atoms with Gasteiger partial charge in [-0.1, -0.05) is 32.9 Å². The van der Waals surface area contributed by atoms with E-state index in [0.717, 1.165) is 17.5 Å². The molecule has 0 fully saturated rings. The lowest BCUT2D eigenvalue weighted by Crippen LogP contribution is -1.86. The summed E-state index contributed by atoms with van der Waals surface area (Å²) in [5.41, 5.74) is 3.80. The summed E-state index contributed by atoms with van der Waals surface area (Å²) in [6.45, 7) is 9.94. The Kier molecular flexibility index (Phi) is 5.77. The predicted octanol–water partition coefficient (Wildman–Crippen LogP) is 4.29. The topological polar surface area (TPSA) is 29.4 Å². The van der Waals surface area contributed by atoms with Crippen molar-refractivity contribution in [1.29, 1.82) is 0 Å². The Hall–Kier alpha value is -1.18. The van der Waals surface area contributed by atoms with Crippen LogP contribution >= 0.6 is 0 Å². The average Bonchev–Trinajstić information content (AvgIpc) is 2.20. The van der Waals surface area contributed by atoms with Crippen molar-refractivity contribution in [3.05, 3.63) is 33.7 Å². The van der Waals surface area contributed by atoms with E-state index >= 15 is 0 Å². The first kappa shape index (κ1) is 12.8. The molecule has 78 valence electrons. The molecule has 0 heterocycles. The minimum Gasteiger partial charge on any atom is -0.145 e. The monoisotopic (exact) mass is 193 g/mol. The predicted molar refractivity (Wildman–Crippen MR) is 62.1 cm³/mol. The number of hydrogen-bond acceptors (Lipinski definition) is 2. The first-order chi connectivity index (χ1) is 6.69. The number of aryl methyl sites for hydroxylation is 3. The van der Waals surface area contributed by atoms with Crippen LogP contribution in [0.2, 0.25) is 0 Å². The lowest BCUT2D eigenvalue weighted by atomic mass is 10.0. The average molecular weight is 193 g/mol. The molecule has 0 unspecified atom stereocenters. The highest BCUT2D eigenvalue weighted by Gasteiger charge is 2.03. The number of nitroso groups, excluding NO2 is 1. The number of nitrogens with zero attached hydrogens (tertiary/aromatic N) is 1. The van der Waals surface area contributed by atoms with Crippen LogP contribution in [0, 0.1) is 18.8 Å². The summed E-state index contributed by atoms with van der Waals surface area (Å²) in [4.78, 5) is 10.4. The molecule has 1 aromatic carbocycles. The molecule has 0 amide bonds. The van der Waals surface area contributed by atoms with E-state index in [1.807, 2.05) is 39.8 Å². The van der Waals surface area contributed by atoms with Gasteiger partial charge in [-0.2, -0.15) is 0 Å². The van der Waals surface area contributed by atoms with Crippen LogP contribution in [0.15, 0.2) is 17.3 Å². The van der Waals surface area contributed by atoms with E-state index in [1.165, 1.54) is 5.56 Å². The van der Waals surface area contributed by atoms with Gasteiger partial charge < -0.3 is 0 Å². The van der Waals surface area contributed by atoms with Gasteiger partial charge in [0.2, 0.25) is 0 Å². The fraction of sp³-hybridized carbons (Fsp3) is 0.500. The molecule has 2 heteroatoms. The zero-order valence-corrected chi connectivity index (χ0v) is 9.72. The molecule has 0 aliphatic rings. The van der Waals surface area contributed by atoms with Gasteiger partial charge in [-0.15, -0.1) is 4.91 Å². The van der Waals surface area contributed by atoms with Crippen molar-refractivity contribution in [3.8, 4) is 0 Å². The highest BCUT2D eigenvalue weighted by molar-refractivity contribution is 5.53. The van der Waals surface area contributed by atoms with E-state index in [0.29, 0.717) is 5.69 Å². The second-order valence-electron chi connectivity index (χ2n) is 3.02. The smallest absolute Gasteiger partial charge is 0.113 e. The third-order valence-electron chi connectivity index (χ3n) is 2.05. The summed E-state index contributed by atoms with van der Waals surface area (Å²) in [6, 6.07) is 4.04. The summed E-state index contributed by atoms with van der Waals surface area (Å²) in [7, 11) is 0. The summed E-state index contributed by atoms with van der Waals surface area (Å²) in [5, 5.41) is 3.00. The Morgan fingerprint density at radius 2 is 1.57 bits per heavy atom. The zero-order valence-electron chi connectivity index (χ0n) is 9.72. The second kappa shape index (κ2) is 6.30. The van der Waals surface area contributed by atoms with Gasteiger partial charge in [-0.05, 0) is 42.1 Å². The molecule has 0 radical (unpaired) electrons. The molecule has 0 saturated carbocycles. The Morgan fingerprint density at radius 3 is 1.86 bits per heavy atom. The quantitative estimate of drug-likeness (QED) is 0.644. The number of rotatable bonds is 2. The lowest BCUT2D eigenvalue weighted by molar-refractivity contribution is 1.12. The summed E-state index contributed by atoms with van der Waals surface area (Å²) >= 11 is 0. The molecule has 0 saturated heterocycles. The molecule has 14 heavy (non-hydrogen) atoms. The first-order valence-electron chi connectivity index (χ1n) is 5.12. The van der Waals surface area contributed by atoms with Crippen LogP contribution in [0.5, 0.6) is 0 Å². The molecule has 0 spiro atoms. The normalized spacial score (nSPS) is 8.93. The maximum absolute atomic E-state index is 10.4. The fourth-order valence-corrected chi connectivity index (χ4v) is 1.39. The summed E-state index contributed by atoms with van der Waals surface area (Å²) in [6.07, 6.45) is 1.00. The van der Waals surface area contributed by atoms with Crippen molar-refractivity contribution in [2.24, 2.45) is 5.18 Å². The van der Waals surface area contributed by atoms with Crippen LogP contribution in [0.25, 0.3) is 0 Å². The maximum atomic E-state index is 10.4. The molecular weight excluding hydrogens is 174 g/mol. The van der Waals surface area contributed by atoms with E-state index in [4.69, 9.17) is 0 Å². The molecule has 0 bridgehead atoms. The Balaban J connectivity index is 0.000000791. The van der Waals surface area contributed by atoms with Crippen molar-refractivity contribution >= 4 is 5.69 Å². The Morgan fingerprint density at radius 1 is 1.14 bits per heavy atom. The highest BCUT2D eigenvalue weighted by atomic mass is 16.3. The van der Waals surface area contributed by atoms with E-state index in [-0.39, 0.29) is 0 Å². The van der Waals surface area contributed by atoms with E-state index in [1.54, 1.807) is 0 Å². The van der Waals surface area contributed by atoms with Gasteiger partial charge >= 0.3 is 0 Å². The first-order valence-corrected chi connectivity index (χ1v) is 5.12. The minimum atomic E-state index is 0.590. The van der Waals surface area contributed by atoms with Gasteiger partial charge in [0, 0.05) is 0 Å². The van der Waals surface area contributed by atoms with Crippen molar-refractivity contribution in [2.45, 2.75) is 41.0 Å². The third-order valence-corrected chi connectivity index (χ3v) is 2.05. The maximum Gasteiger partial charge on any atom is 0.113 e. The fourth-order valence-electron chi connectivity index (χ4n) is 1.39. The summed E-state index contributed by atoms with van der Waals surface area (Å²) in [5.74, 6) is 0. The van der Waals surface area contributed by atoms with E-state index in [9.17, 15) is 4.91 Å². The van der Waals surface area contributed by atoms with E-state index in [2.05, 4.69) is 12.1 Å². The van der Waals surface area contributed by atoms with Crippen molar-refractivity contribution < 1.29 is 0 Å². The van der Waals surface area contributed by atoms with Crippen LogP contribution in [-0.2, 0) is 6.42 Å². The summed E-state index contributed by atoms with van der Waals surface area (Å²) < 4.78 is 0. The SMILES string of the molecule is CC.CCc1cc(C)c(N=O)c(C)c1. The Bertz CT molecular complexity index is 282. The molecular formula is C12H19NO. The third kappa shape index (κ3) is 2.95.